The molecule has 0 aromatic carbocycles. The van der Waals surface area contributed by atoms with E-state index in [9.17, 15) is 9.59 Å². The molecule has 1 N–H and O–H groups in total. The maximum Gasteiger partial charge on any atom is 0.274 e. The Kier molecular flexibility index (Phi) is 5.23. The molecule has 0 atom stereocenters. The van der Waals surface area contributed by atoms with Gasteiger partial charge in [0.05, 0.1) is 0 Å². The summed E-state index contributed by atoms with van der Waals surface area (Å²) in [6, 6.07) is 3.45. The van der Waals surface area contributed by atoms with Crippen molar-refractivity contribution < 1.29 is 9.59 Å². The maximum absolute atomic E-state index is 12.8. The van der Waals surface area contributed by atoms with Crippen molar-refractivity contribution in [2.24, 2.45) is 13.0 Å². The molecule has 4 rings (SSSR count). The van der Waals surface area contributed by atoms with Gasteiger partial charge in [-0.2, -0.15) is 5.10 Å². The van der Waals surface area contributed by atoms with Crippen LogP contribution >= 0.6 is 0 Å². The summed E-state index contributed by atoms with van der Waals surface area (Å²) >= 11 is 0. The SMILES string of the molecule is Cn1nc(C(=O)N2CCN(c3ncccn3)CC2)cc1NC(=O)C1CCCC1. The second-order valence-corrected chi connectivity index (χ2v) is 7.34. The van der Waals surface area contributed by atoms with Crippen molar-refractivity contribution in [3.05, 3.63) is 30.2 Å². The molecule has 0 bridgehead atoms. The first-order chi connectivity index (χ1) is 13.6. The molecule has 9 heteroatoms. The van der Waals surface area contributed by atoms with Crippen molar-refractivity contribution in [1.29, 1.82) is 0 Å². The Morgan fingerprint density at radius 2 is 1.75 bits per heavy atom. The zero-order valence-electron chi connectivity index (χ0n) is 16.0. The Hall–Kier alpha value is -2.97. The molecule has 0 radical (unpaired) electrons. The van der Waals surface area contributed by atoms with Crippen LogP contribution in [0.2, 0.25) is 0 Å². The molecule has 1 saturated heterocycles. The van der Waals surface area contributed by atoms with Crippen LogP contribution in [-0.2, 0) is 11.8 Å². The van der Waals surface area contributed by atoms with Gasteiger partial charge >= 0.3 is 0 Å². The van der Waals surface area contributed by atoms with Crippen LogP contribution in [0.5, 0.6) is 0 Å². The van der Waals surface area contributed by atoms with Crippen LogP contribution in [0, 0.1) is 5.92 Å². The first kappa shape index (κ1) is 18.4. The largest absolute Gasteiger partial charge is 0.337 e. The number of hydrogen-bond acceptors (Lipinski definition) is 6. The van der Waals surface area contributed by atoms with E-state index in [4.69, 9.17) is 0 Å². The predicted molar refractivity (Wildman–Crippen MR) is 104 cm³/mol. The number of piperazine rings is 1. The highest BCUT2D eigenvalue weighted by Crippen LogP contribution is 2.26. The highest BCUT2D eigenvalue weighted by Gasteiger charge is 2.27. The van der Waals surface area contributed by atoms with E-state index in [2.05, 4.69) is 25.3 Å². The Labute approximate surface area is 163 Å². The molecule has 1 aliphatic heterocycles. The summed E-state index contributed by atoms with van der Waals surface area (Å²) in [6.07, 6.45) is 7.51. The third-order valence-electron chi connectivity index (χ3n) is 5.48. The van der Waals surface area contributed by atoms with Gasteiger partial charge in [0.2, 0.25) is 11.9 Å². The average Bonchev–Trinajstić information content (AvgIpc) is 3.39. The monoisotopic (exact) mass is 383 g/mol. The molecule has 2 aliphatic rings. The van der Waals surface area contributed by atoms with Crippen LogP contribution < -0.4 is 10.2 Å². The Morgan fingerprint density at radius 1 is 1.07 bits per heavy atom. The lowest BCUT2D eigenvalue weighted by atomic mass is 10.1. The average molecular weight is 383 g/mol. The minimum Gasteiger partial charge on any atom is -0.337 e. The van der Waals surface area contributed by atoms with Gasteiger partial charge in [-0.1, -0.05) is 12.8 Å². The van der Waals surface area contributed by atoms with Gasteiger partial charge in [-0.15, -0.1) is 0 Å². The molecule has 2 aromatic rings. The van der Waals surface area contributed by atoms with Crippen LogP contribution in [0.3, 0.4) is 0 Å². The minimum atomic E-state index is -0.120. The van der Waals surface area contributed by atoms with Crippen molar-refractivity contribution in [3.63, 3.8) is 0 Å². The Morgan fingerprint density at radius 3 is 2.43 bits per heavy atom. The first-order valence-electron chi connectivity index (χ1n) is 9.78. The number of nitrogens with one attached hydrogen (secondary N) is 1. The zero-order chi connectivity index (χ0) is 19.5. The van der Waals surface area contributed by atoms with E-state index < -0.39 is 0 Å². The van der Waals surface area contributed by atoms with E-state index in [1.54, 1.807) is 41.2 Å². The van der Waals surface area contributed by atoms with Crippen LogP contribution in [0.15, 0.2) is 24.5 Å². The van der Waals surface area contributed by atoms with Gasteiger partial charge in [0.25, 0.3) is 5.91 Å². The number of nitrogens with zero attached hydrogens (tertiary/aromatic N) is 6. The van der Waals surface area contributed by atoms with Gasteiger partial charge in [-0.05, 0) is 18.9 Å². The summed E-state index contributed by atoms with van der Waals surface area (Å²) in [5.41, 5.74) is 0.355. The molecule has 2 fully saturated rings. The molecule has 28 heavy (non-hydrogen) atoms. The molecule has 1 saturated carbocycles. The zero-order valence-corrected chi connectivity index (χ0v) is 16.0. The lowest BCUT2D eigenvalue weighted by molar-refractivity contribution is -0.119. The highest BCUT2D eigenvalue weighted by molar-refractivity contribution is 5.96. The summed E-state index contributed by atoms with van der Waals surface area (Å²) < 4.78 is 1.56. The maximum atomic E-state index is 12.8. The van der Waals surface area contributed by atoms with E-state index in [1.165, 1.54) is 0 Å². The lowest BCUT2D eigenvalue weighted by Gasteiger charge is -2.34. The van der Waals surface area contributed by atoms with Crippen molar-refractivity contribution in [3.8, 4) is 0 Å². The molecule has 2 aromatic heterocycles. The number of anilines is 2. The lowest BCUT2D eigenvalue weighted by Crippen LogP contribution is -2.49. The Bertz CT molecular complexity index is 837. The fourth-order valence-corrected chi connectivity index (χ4v) is 3.83. The summed E-state index contributed by atoms with van der Waals surface area (Å²) in [5.74, 6) is 1.23. The molecule has 148 valence electrons. The smallest absolute Gasteiger partial charge is 0.274 e. The summed E-state index contributed by atoms with van der Waals surface area (Å²) in [6.45, 7) is 2.51. The van der Waals surface area contributed by atoms with E-state index in [0.29, 0.717) is 43.6 Å². The number of amides is 2. The summed E-state index contributed by atoms with van der Waals surface area (Å²) in [5, 5.41) is 7.24. The third kappa shape index (κ3) is 3.83. The van der Waals surface area contributed by atoms with Gasteiger partial charge in [0, 0.05) is 57.6 Å². The van der Waals surface area contributed by atoms with Crippen molar-refractivity contribution in [1.82, 2.24) is 24.6 Å². The molecule has 2 amide bonds. The number of carbonyl (C=O) groups is 2. The molecule has 9 nitrogen and oxygen atoms in total. The standard InChI is InChI=1S/C19H25N7O2/c1-24-16(22-17(27)14-5-2-3-6-14)13-15(23-24)18(28)25-9-11-26(12-10-25)19-20-7-4-8-21-19/h4,7-8,13-14H,2-3,5-6,9-12H2,1H3,(H,22,27). The molecule has 3 heterocycles. The third-order valence-corrected chi connectivity index (χ3v) is 5.48. The molecule has 0 spiro atoms. The van der Waals surface area contributed by atoms with Gasteiger partial charge in [-0.25, -0.2) is 9.97 Å². The number of carbonyl (C=O) groups excluding carboxylic acids is 2. The second kappa shape index (κ2) is 7.95. The highest BCUT2D eigenvalue weighted by atomic mass is 16.2. The van der Waals surface area contributed by atoms with Crippen molar-refractivity contribution >= 4 is 23.6 Å². The minimum absolute atomic E-state index is 0.0241. The number of aromatic nitrogens is 4. The van der Waals surface area contributed by atoms with Gasteiger partial charge in [0.1, 0.15) is 5.82 Å². The number of hydrogen-bond donors (Lipinski definition) is 1. The quantitative estimate of drug-likeness (QED) is 0.855. The topological polar surface area (TPSA) is 96.2 Å². The second-order valence-electron chi connectivity index (χ2n) is 7.34. The number of rotatable bonds is 4. The molecular weight excluding hydrogens is 358 g/mol. The van der Waals surface area contributed by atoms with E-state index in [0.717, 1.165) is 25.7 Å². The van der Waals surface area contributed by atoms with E-state index >= 15 is 0 Å². The fourth-order valence-electron chi connectivity index (χ4n) is 3.83. The summed E-state index contributed by atoms with van der Waals surface area (Å²) in [4.78, 5) is 37.6. The molecule has 1 aliphatic carbocycles. The van der Waals surface area contributed by atoms with Crippen LogP contribution in [0.25, 0.3) is 0 Å². The van der Waals surface area contributed by atoms with Gasteiger partial charge < -0.3 is 15.1 Å². The van der Waals surface area contributed by atoms with Crippen molar-refractivity contribution in [2.75, 3.05) is 36.4 Å². The van der Waals surface area contributed by atoms with Crippen LogP contribution in [-0.4, -0.2) is 62.6 Å². The normalized spacial score (nSPS) is 17.8. The molecule has 0 unspecified atom stereocenters. The summed E-state index contributed by atoms with van der Waals surface area (Å²) in [7, 11) is 1.74. The molecular formula is C19H25N7O2. The fraction of sp³-hybridized carbons (Fsp3) is 0.526. The van der Waals surface area contributed by atoms with Crippen molar-refractivity contribution in [2.45, 2.75) is 25.7 Å². The van der Waals surface area contributed by atoms with Crippen LogP contribution in [0.4, 0.5) is 11.8 Å². The van der Waals surface area contributed by atoms with Crippen LogP contribution in [0.1, 0.15) is 36.2 Å². The Balaban J connectivity index is 1.37. The van der Waals surface area contributed by atoms with E-state index in [1.807, 2.05) is 0 Å². The first-order valence-corrected chi connectivity index (χ1v) is 9.78. The van der Waals surface area contributed by atoms with Gasteiger partial charge in [0.15, 0.2) is 5.69 Å². The predicted octanol–water partition coefficient (Wildman–Crippen LogP) is 1.30. The van der Waals surface area contributed by atoms with E-state index in [-0.39, 0.29) is 17.7 Å². The van der Waals surface area contributed by atoms with Gasteiger partial charge in [-0.3, -0.25) is 14.3 Å². The number of aryl methyl sites for hydroxylation is 1.